The van der Waals surface area contributed by atoms with Gasteiger partial charge in [0.2, 0.25) is 11.8 Å². The third-order valence-electron chi connectivity index (χ3n) is 6.20. The first kappa shape index (κ1) is 28.2. The summed E-state index contributed by atoms with van der Waals surface area (Å²) in [6, 6.07) is 18.1. The average Bonchev–Trinajstić information content (AvgIpc) is 2.86. The van der Waals surface area contributed by atoms with Gasteiger partial charge in [-0.3, -0.25) is 13.9 Å². The number of carbonyl (C=O) groups excluding carboxylic acids is 2. The lowest BCUT2D eigenvalue weighted by Crippen LogP contribution is -2.50. The highest BCUT2D eigenvalue weighted by molar-refractivity contribution is 7.92. The first-order valence-electron chi connectivity index (χ1n) is 11.9. The summed E-state index contributed by atoms with van der Waals surface area (Å²) < 4.78 is 28.8. The van der Waals surface area contributed by atoms with Crippen LogP contribution < -0.4 is 9.62 Å². The van der Waals surface area contributed by atoms with E-state index in [9.17, 15) is 18.0 Å². The Balaban J connectivity index is 2.06. The molecule has 0 spiro atoms. The van der Waals surface area contributed by atoms with Crippen molar-refractivity contribution in [2.24, 2.45) is 0 Å². The molecule has 3 aromatic rings. The monoisotopic (exact) mass is 541 g/mol. The van der Waals surface area contributed by atoms with Gasteiger partial charge < -0.3 is 10.2 Å². The molecule has 3 aromatic carbocycles. The van der Waals surface area contributed by atoms with Crippen molar-refractivity contribution < 1.29 is 18.0 Å². The molecular formula is C28H32ClN3O4S. The molecule has 9 heteroatoms. The number of anilines is 1. The highest BCUT2D eigenvalue weighted by atomic mass is 35.5. The van der Waals surface area contributed by atoms with Crippen LogP contribution in [0.4, 0.5) is 5.69 Å². The number of hydrogen-bond donors (Lipinski definition) is 1. The summed E-state index contributed by atoms with van der Waals surface area (Å²) in [4.78, 5) is 27.8. The highest BCUT2D eigenvalue weighted by Crippen LogP contribution is 2.29. The average molecular weight is 542 g/mol. The number of nitrogens with zero attached hydrogens (tertiary/aromatic N) is 2. The van der Waals surface area contributed by atoms with Crippen LogP contribution in [0.1, 0.15) is 29.2 Å². The molecule has 0 fully saturated rings. The molecule has 0 radical (unpaired) electrons. The van der Waals surface area contributed by atoms with Gasteiger partial charge in [-0.25, -0.2) is 8.42 Å². The summed E-state index contributed by atoms with van der Waals surface area (Å²) >= 11 is 6.13. The lowest BCUT2D eigenvalue weighted by molar-refractivity contribution is -0.139. The second-order valence-corrected chi connectivity index (χ2v) is 11.4. The molecule has 1 unspecified atom stereocenters. The fraction of sp³-hybridized carbons (Fsp3) is 0.286. The van der Waals surface area contributed by atoms with E-state index in [-0.39, 0.29) is 17.3 Å². The van der Waals surface area contributed by atoms with Gasteiger partial charge in [0.05, 0.1) is 10.6 Å². The van der Waals surface area contributed by atoms with Crippen molar-refractivity contribution in [2.75, 3.05) is 17.9 Å². The minimum absolute atomic E-state index is 0.0599. The molecule has 2 amide bonds. The summed E-state index contributed by atoms with van der Waals surface area (Å²) in [7, 11) is -2.62. The van der Waals surface area contributed by atoms with Gasteiger partial charge in [0.25, 0.3) is 10.0 Å². The van der Waals surface area contributed by atoms with Crippen molar-refractivity contribution in [2.45, 2.75) is 45.2 Å². The van der Waals surface area contributed by atoms with Crippen molar-refractivity contribution in [3.63, 3.8) is 0 Å². The summed E-state index contributed by atoms with van der Waals surface area (Å²) in [5.74, 6) is -0.863. The van der Waals surface area contributed by atoms with Gasteiger partial charge in [0.1, 0.15) is 12.6 Å². The molecule has 37 heavy (non-hydrogen) atoms. The van der Waals surface area contributed by atoms with Gasteiger partial charge in [-0.1, -0.05) is 59.1 Å². The van der Waals surface area contributed by atoms with Gasteiger partial charge >= 0.3 is 0 Å². The van der Waals surface area contributed by atoms with E-state index in [4.69, 9.17) is 11.6 Å². The number of rotatable bonds is 9. The van der Waals surface area contributed by atoms with Crippen LogP contribution in [0.3, 0.4) is 0 Å². The number of likely N-dealkylation sites (N-methyl/N-ethyl adjacent to an activating group) is 1. The number of sulfonamides is 1. The number of benzene rings is 3. The number of aryl methyl sites for hydroxylation is 3. The Morgan fingerprint density at radius 3 is 2.03 bits per heavy atom. The Bertz CT molecular complexity index is 1370. The fourth-order valence-electron chi connectivity index (χ4n) is 3.93. The molecule has 0 heterocycles. The Kier molecular flexibility index (Phi) is 8.99. The molecule has 0 saturated heterocycles. The van der Waals surface area contributed by atoms with E-state index < -0.39 is 28.5 Å². The summed E-state index contributed by atoms with van der Waals surface area (Å²) in [5, 5.41) is 3.03. The van der Waals surface area contributed by atoms with E-state index >= 15 is 0 Å². The number of nitrogens with one attached hydrogen (secondary N) is 1. The normalized spacial score (nSPS) is 12.1. The van der Waals surface area contributed by atoms with Crippen LogP contribution in [0, 0.1) is 20.8 Å². The molecule has 0 aliphatic carbocycles. The van der Waals surface area contributed by atoms with Gasteiger partial charge in [-0.15, -0.1) is 0 Å². The van der Waals surface area contributed by atoms with Crippen molar-refractivity contribution in [1.29, 1.82) is 0 Å². The Labute approximate surface area is 224 Å². The summed E-state index contributed by atoms with van der Waals surface area (Å²) in [5.41, 5.74) is 3.73. The summed E-state index contributed by atoms with van der Waals surface area (Å²) in [6.07, 6.45) is 0. The van der Waals surface area contributed by atoms with Crippen LogP contribution in [0.25, 0.3) is 0 Å². The molecule has 0 bridgehead atoms. The maximum absolute atomic E-state index is 13.8. The van der Waals surface area contributed by atoms with Crippen molar-refractivity contribution in [3.05, 3.63) is 94.0 Å². The van der Waals surface area contributed by atoms with E-state index in [1.807, 2.05) is 38.1 Å². The smallest absolute Gasteiger partial charge is 0.264 e. The Morgan fingerprint density at radius 2 is 1.49 bits per heavy atom. The number of carbonyl (C=O) groups is 2. The zero-order valence-corrected chi connectivity index (χ0v) is 23.2. The maximum atomic E-state index is 13.8. The lowest BCUT2D eigenvalue weighted by Gasteiger charge is -2.32. The van der Waals surface area contributed by atoms with Crippen molar-refractivity contribution in [3.8, 4) is 0 Å². The van der Waals surface area contributed by atoms with E-state index in [1.165, 1.54) is 24.1 Å². The Morgan fingerprint density at radius 1 is 0.919 bits per heavy atom. The lowest BCUT2D eigenvalue weighted by atomic mass is 10.1. The zero-order valence-electron chi connectivity index (χ0n) is 21.7. The first-order valence-corrected chi connectivity index (χ1v) is 13.7. The maximum Gasteiger partial charge on any atom is 0.264 e. The molecule has 0 aliphatic heterocycles. The van der Waals surface area contributed by atoms with Gasteiger partial charge in [0.15, 0.2) is 0 Å². The largest absolute Gasteiger partial charge is 0.357 e. The number of hydrogen-bond acceptors (Lipinski definition) is 4. The number of halogens is 1. The van der Waals surface area contributed by atoms with Gasteiger partial charge in [0, 0.05) is 18.6 Å². The summed E-state index contributed by atoms with van der Waals surface area (Å²) in [6.45, 7) is 6.84. The topological polar surface area (TPSA) is 86.8 Å². The van der Waals surface area contributed by atoms with Gasteiger partial charge in [-0.2, -0.15) is 0 Å². The number of amides is 2. The molecule has 3 rings (SSSR count). The molecule has 0 saturated carbocycles. The first-order chi connectivity index (χ1) is 17.4. The van der Waals surface area contributed by atoms with E-state index in [2.05, 4.69) is 5.32 Å². The van der Waals surface area contributed by atoms with Crippen LogP contribution in [0.2, 0.25) is 5.02 Å². The standard InChI is InChI=1S/C28H32ClN3O4S/c1-19-6-10-23(11-7-19)17-31(22(4)28(34)30-5)27(33)18-32(26-15-12-24(29)16-21(26)3)37(35,36)25-13-8-20(2)9-14-25/h6-16,22H,17-18H2,1-5H3,(H,30,34). The Hall–Kier alpha value is -3.36. The molecule has 7 nitrogen and oxygen atoms in total. The SMILES string of the molecule is CNC(=O)C(C)N(Cc1ccc(C)cc1)C(=O)CN(c1ccc(Cl)cc1C)S(=O)(=O)c1ccc(C)cc1. The molecule has 1 N–H and O–H groups in total. The van der Waals surface area contributed by atoms with E-state index in [0.717, 1.165) is 21.0 Å². The molecule has 1 atom stereocenters. The van der Waals surface area contributed by atoms with Gasteiger partial charge in [-0.05, 0) is 69.2 Å². The predicted octanol–water partition coefficient (Wildman–Crippen LogP) is 4.62. The van der Waals surface area contributed by atoms with Crippen LogP contribution in [-0.2, 0) is 26.2 Å². The zero-order chi connectivity index (χ0) is 27.3. The van der Waals surface area contributed by atoms with Crippen LogP contribution in [-0.4, -0.2) is 44.8 Å². The predicted molar refractivity (Wildman–Crippen MR) is 147 cm³/mol. The quantitative estimate of drug-likeness (QED) is 0.428. The fourth-order valence-corrected chi connectivity index (χ4v) is 5.64. The van der Waals surface area contributed by atoms with E-state index in [1.54, 1.807) is 44.2 Å². The second-order valence-electron chi connectivity index (χ2n) is 9.05. The minimum atomic E-state index is -4.12. The van der Waals surface area contributed by atoms with Crippen LogP contribution >= 0.6 is 11.6 Å². The van der Waals surface area contributed by atoms with Crippen LogP contribution in [0.15, 0.2) is 71.6 Å². The molecule has 0 aromatic heterocycles. The third kappa shape index (κ3) is 6.70. The van der Waals surface area contributed by atoms with E-state index in [0.29, 0.717) is 16.3 Å². The highest BCUT2D eigenvalue weighted by Gasteiger charge is 2.33. The molecule has 196 valence electrons. The molecule has 0 aliphatic rings. The molecular weight excluding hydrogens is 510 g/mol. The third-order valence-corrected chi connectivity index (χ3v) is 8.21. The van der Waals surface area contributed by atoms with Crippen molar-refractivity contribution in [1.82, 2.24) is 10.2 Å². The van der Waals surface area contributed by atoms with Crippen LogP contribution in [0.5, 0.6) is 0 Å². The minimum Gasteiger partial charge on any atom is -0.357 e. The van der Waals surface area contributed by atoms with Crippen molar-refractivity contribution >= 4 is 39.1 Å². The second kappa shape index (κ2) is 11.8.